The molecule has 0 spiro atoms. The Balaban J connectivity index is 1.62. The highest BCUT2D eigenvalue weighted by Crippen LogP contribution is 2.22. The van der Waals surface area contributed by atoms with E-state index in [2.05, 4.69) is 4.90 Å². The minimum atomic E-state index is 0.137. The molecule has 3 rings (SSSR count). The van der Waals surface area contributed by atoms with Crippen LogP contribution in [0.25, 0.3) is 0 Å². The fourth-order valence-electron chi connectivity index (χ4n) is 2.54. The molecule has 1 aromatic carbocycles. The third kappa shape index (κ3) is 3.03. The summed E-state index contributed by atoms with van der Waals surface area (Å²) in [4.78, 5) is 18.5. The van der Waals surface area contributed by atoms with Gasteiger partial charge in [0.05, 0.1) is 4.88 Å². The molecule has 0 bridgehead atoms. The molecular weight excluding hydrogens is 284 g/mol. The molecule has 21 heavy (non-hydrogen) atoms. The first-order chi connectivity index (χ1) is 10.1. The van der Waals surface area contributed by atoms with Crippen LogP contribution in [0.3, 0.4) is 0 Å². The van der Waals surface area contributed by atoms with E-state index in [1.807, 2.05) is 36.1 Å². The van der Waals surface area contributed by atoms with Crippen molar-refractivity contribution in [1.29, 1.82) is 0 Å². The lowest BCUT2D eigenvalue weighted by atomic mass is 10.2. The summed E-state index contributed by atoms with van der Waals surface area (Å²) in [6.45, 7) is 5.12. The van der Waals surface area contributed by atoms with Crippen molar-refractivity contribution < 1.29 is 9.90 Å². The molecule has 1 aliphatic heterocycles. The number of phenolic OH excluding ortho intramolecular Hbond substituents is 1. The molecule has 0 atom stereocenters. The number of benzene rings is 1. The average molecular weight is 302 g/mol. The summed E-state index contributed by atoms with van der Waals surface area (Å²) < 4.78 is 0. The Hall–Kier alpha value is -2.01. The van der Waals surface area contributed by atoms with Crippen molar-refractivity contribution in [2.75, 3.05) is 31.1 Å². The van der Waals surface area contributed by atoms with Gasteiger partial charge >= 0.3 is 0 Å². The summed E-state index contributed by atoms with van der Waals surface area (Å²) in [5.41, 5.74) is 1.09. The van der Waals surface area contributed by atoms with Crippen molar-refractivity contribution in [2.45, 2.75) is 6.92 Å². The maximum atomic E-state index is 12.4. The molecule has 0 radical (unpaired) electrons. The third-order valence-corrected chi connectivity index (χ3v) is 4.72. The maximum Gasteiger partial charge on any atom is 0.264 e. The summed E-state index contributed by atoms with van der Waals surface area (Å²) in [6.07, 6.45) is 0. The fourth-order valence-corrected chi connectivity index (χ4v) is 3.37. The van der Waals surface area contributed by atoms with Gasteiger partial charge in [-0.05, 0) is 43.3 Å². The second-order valence-corrected chi connectivity index (χ2v) is 6.49. The SMILES string of the molecule is Cc1ccc(C(=O)N2CCN(c3ccc(O)cc3)CC2)s1. The summed E-state index contributed by atoms with van der Waals surface area (Å²) >= 11 is 1.56. The number of phenols is 1. The molecular formula is C16H18N2O2S. The highest BCUT2D eigenvalue weighted by atomic mass is 32.1. The Morgan fingerprint density at radius 1 is 1.05 bits per heavy atom. The van der Waals surface area contributed by atoms with E-state index in [-0.39, 0.29) is 11.7 Å². The first kappa shape index (κ1) is 13.9. The zero-order valence-corrected chi connectivity index (χ0v) is 12.8. The first-order valence-corrected chi connectivity index (χ1v) is 7.85. The highest BCUT2D eigenvalue weighted by Gasteiger charge is 2.23. The van der Waals surface area contributed by atoms with Crippen molar-refractivity contribution in [3.63, 3.8) is 0 Å². The Bertz CT molecular complexity index is 628. The van der Waals surface area contributed by atoms with Crippen LogP contribution in [0, 0.1) is 6.92 Å². The average Bonchev–Trinajstić information content (AvgIpc) is 2.94. The molecule has 0 saturated carbocycles. The topological polar surface area (TPSA) is 43.8 Å². The molecule has 2 aromatic rings. The van der Waals surface area contributed by atoms with E-state index in [1.165, 1.54) is 4.88 Å². The number of rotatable bonds is 2. The van der Waals surface area contributed by atoms with Gasteiger partial charge < -0.3 is 14.9 Å². The Morgan fingerprint density at radius 3 is 2.29 bits per heavy atom. The van der Waals surface area contributed by atoms with Crippen molar-refractivity contribution >= 4 is 22.9 Å². The molecule has 2 heterocycles. The predicted octanol–water partition coefficient (Wildman–Crippen LogP) is 2.72. The number of aryl methyl sites for hydroxylation is 1. The molecule has 0 aliphatic carbocycles. The number of carbonyl (C=O) groups excluding carboxylic acids is 1. The van der Waals surface area contributed by atoms with Crippen molar-refractivity contribution in [2.24, 2.45) is 0 Å². The molecule has 1 fully saturated rings. The number of aromatic hydroxyl groups is 1. The molecule has 4 nitrogen and oxygen atoms in total. The number of piperazine rings is 1. The third-order valence-electron chi connectivity index (χ3n) is 3.73. The molecule has 5 heteroatoms. The fraction of sp³-hybridized carbons (Fsp3) is 0.312. The number of anilines is 1. The van der Waals surface area contributed by atoms with Crippen LogP contribution in [0.4, 0.5) is 5.69 Å². The van der Waals surface area contributed by atoms with Crippen molar-refractivity contribution in [3.05, 3.63) is 46.2 Å². The number of hydrogen-bond acceptors (Lipinski definition) is 4. The number of nitrogens with zero attached hydrogens (tertiary/aromatic N) is 2. The van der Waals surface area contributed by atoms with E-state index in [9.17, 15) is 9.90 Å². The van der Waals surface area contributed by atoms with E-state index in [0.29, 0.717) is 0 Å². The van der Waals surface area contributed by atoms with Crippen LogP contribution in [-0.4, -0.2) is 42.1 Å². The van der Waals surface area contributed by atoms with Crippen molar-refractivity contribution in [3.8, 4) is 5.75 Å². The van der Waals surface area contributed by atoms with E-state index in [4.69, 9.17) is 0 Å². The molecule has 1 aliphatic rings. The van der Waals surface area contributed by atoms with Gasteiger partial charge in [0.25, 0.3) is 5.91 Å². The molecule has 1 N–H and O–H groups in total. The van der Waals surface area contributed by atoms with E-state index >= 15 is 0 Å². The van der Waals surface area contributed by atoms with Gasteiger partial charge in [-0.25, -0.2) is 0 Å². The largest absolute Gasteiger partial charge is 0.508 e. The summed E-state index contributed by atoms with van der Waals surface area (Å²) in [7, 11) is 0. The van der Waals surface area contributed by atoms with Gasteiger partial charge in [-0.2, -0.15) is 0 Å². The first-order valence-electron chi connectivity index (χ1n) is 7.03. The number of thiophene rings is 1. The second kappa shape index (κ2) is 5.77. The van der Waals surface area contributed by atoms with E-state index in [0.717, 1.165) is 36.7 Å². The van der Waals surface area contributed by atoms with Crippen LogP contribution < -0.4 is 4.90 Å². The minimum absolute atomic E-state index is 0.137. The number of hydrogen-bond donors (Lipinski definition) is 1. The van der Waals surface area contributed by atoms with Crippen LogP contribution >= 0.6 is 11.3 Å². The van der Waals surface area contributed by atoms with Crippen LogP contribution in [0.2, 0.25) is 0 Å². The zero-order chi connectivity index (χ0) is 14.8. The number of carbonyl (C=O) groups is 1. The molecule has 1 aromatic heterocycles. The van der Waals surface area contributed by atoms with Crippen LogP contribution in [0.5, 0.6) is 5.75 Å². The van der Waals surface area contributed by atoms with E-state index < -0.39 is 0 Å². The van der Waals surface area contributed by atoms with Gasteiger partial charge in [0.2, 0.25) is 0 Å². The van der Waals surface area contributed by atoms with Gasteiger partial charge in [-0.15, -0.1) is 11.3 Å². The monoisotopic (exact) mass is 302 g/mol. The van der Waals surface area contributed by atoms with Crippen LogP contribution in [0.15, 0.2) is 36.4 Å². The van der Waals surface area contributed by atoms with Crippen molar-refractivity contribution in [1.82, 2.24) is 4.90 Å². The maximum absolute atomic E-state index is 12.4. The zero-order valence-electron chi connectivity index (χ0n) is 12.0. The van der Waals surface area contributed by atoms with Gasteiger partial charge in [0.15, 0.2) is 0 Å². The number of amides is 1. The normalized spacial score (nSPS) is 15.3. The summed E-state index contributed by atoms with van der Waals surface area (Å²) in [6, 6.07) is 11.1. The van der Waals surface area contributed by atoms with Crippen LogP contribution in [-0.2, 0) is 0 Å². The quantitative estimate of drug-likeness (QED) is 0.927. The molecule has 1 amide bonds. The smallest absolute Gasteiger partial charge is 0.264 e. The Morgan fingerprint density at radius 2 is 1.71 bits per heavy atom. The van der Waals surface area contributed by atoms with Gasteiger partial charge in [-0.3, -0.25) is 4.79 Å². The van der Waals surface area contributed by atoms with Gasteiger partial charge in [-0.1, -0.05) is 0 Å². The molecule has 0 unspecified atom stereocenters. The van der Waals surface area contributed by atoms with Crippen LogP contribution in [0.1, 0.15) is 14.5 Å². The standard InChI is InChI=1S/C16H18N2O2S/c1-12-2-7-15(21-12)16(20)18-10-8-17(9-11-18)13-3-5-14(19)6-4-13/h2-7,19H,8-11H2,1H3. The minimum Gasteiger partial charge on any atom is -0.508 e. The lowest BCUT2D eigenvalue weighted by molar-refractivity contribution is 0.0751. The van der Waals surface area contributed by atoms with E-state index in [1.54, 1.807) is 23.5 Å². The van der Waals surface area contributed by atoms with Gasteiger partial charge in [0, 0.05) is 36.7 Å². The Kier molecular flexibility index (Phi) is 3.84. The van der Waals surface area contributed by atoms with Gasteiger partial charge in [0.1, 0.15) is 5.75 Å². The molecule has 1 saturated heterocycles. The summed E-state index contributed by atoms with van der Waals surface area (Å²) in [5.74, 6) is 0.416. The predicted molar refractivity (Wildman–Crippen MR) is 85.3 cm³/mol. The lowest BCUT2D eigenvalue weighted by Crippen LogP contribution is -2.48. The lowest BCUT2D eigenvalue weighted by Gasteiger charge is -2.36. The highest BCUT2D eigenvalue weighted by molar-refractivity contribution is 7.13. The molecule has 110 valence electrons. The Labute approximate surface area is 128 Å². The summed E-state index contributed by atoms with van der Waals surface area (Å²) in [5, 5.41) is 9.33. The second-order valence-electron chi connectivity index (χ2n) is 5.21.